The number of nitrogen functional groups attached to an aromatic ring is 1. The minimum atomic E-state index is -3.62. The molecule has 5 heteroatoms. The molecule has 18 heavy (non-hydrogen) atoms. The molecule has 4 N–H and O–H groups in total. The third-order valence-electron chi connectivity index (χ3n) is 2.60. The molecular weight excluding hydrogens is 247 g/mol. The van der Waals surface area contributed by atoms with Crippen LogP contribution in [0.3, 0.4) is 0 Å². The molecule has 0 saturated carbocycles. The number of nitrogens with two attached hydrogens (primary N) is 1. The van der Waals surface area contributed by atoms with E-state index in [0.29, 0.717) is 12.2 Å². The highest BCUT2D eigenvalue weighted by atomic mass is 31.2. The number of nitrogens with one attached hydrogen (secondary N) is 1. The zero-order chi connectivity index (χ0) is 13.0. The van der Waals surface area contributed by atoms with Gasteiger partial charge in [0, 0.05) is 12.2 Å². The third-order valence-corrected chi connectivity index (χ3v) is 4.25. The molecule has 2 aromatic carbocycles. The van der Waals surface area contributed by atoms with Crippen molar-refractivity contribution in [2.75, 3.05) is 5.73 Å². The van der Waals surface area contributed by atoms with Crippen LogP contribution in [-0.2, 0) is 11.1 Å². The van der Waals surface area contributed by atoms with Crippen molar-refractivity contribution in [3.8, 4) is 0 Å². The Hall–Kier alpha value is -1.61. The third kappa shape index (κ3) is 2.99. The molecule has 0 aliphatic carbocycles. The van der Waals surface area contributed by atoms with E-state index in [1.165, 1.54) is 0 Å². The van der Waals surface area contributed by atoms with Crippen molar-refractivity contribution in [1.82, 2.24) is 5.09 Å². The highest BCUT2D eigenvalue weighted by Gasteiger charge is 2.22. The van der Waals surface area contributed by atoms with Crippen molar-refractivity contribution < 1.29 is 9.46 Å². The molecular formula is C13H15N2O2P. The fourth-order valence-electron chi connectivity index (χ4n) is 1.64. The van der Waals surface area contributed by atoms with Crippen LogP contribution in [0.5, 0.6) is 0 Å². The first-order valence-corrected chi connectivity index (χ1v) is 7.22. The minimum absolute atomic E-state index is 0.251. The molecule has 0 aliphatic rings. The molecule has 94 valence electrons. The number of para-hydroxylation sites is 1. The lowest BCUT2D eigenvalue weighted by Crippen LogP contribution is -2.21. The van der Waals surface area contributed by atoms with Crippen LogP contribution in [0.2, 0.25) is 0 Å². The average molecular weight is 262 g/mol. The summed E-state index contributed by atoms with van der Waals surface area (Å²) in [5.74, 6) is 0. The van der Waals surface area contributed by atoms with E-state index in [0.717, 1.165) is 5.56 Å². The van der Waals surface area contributed by atoms with Gasteiger partial charge >= 0.3 is 0 Å². The Morgan fingerprint density at radius 3 is 2.33 bits per heavy atom. The van der Waals surface area contributed by atoms with E-state index < -0.39 is 7.52 Å². The van der Waals surface area contributed by atoms with Crippen molar-refractivity contribution in [2.45, 2.75) is 6.54 Å². The summed E-state index contributed by atoms with van der Waals surface area (Å²) in [6.07, 6.45) is 0. The Labute approximate surface area is 106 Å². The van der Waals surface area contributed by atoms with E-state index in [2.05, 4.69) is 5.09 Å². The normalized spacial score (nSPS) is 14.1. The second-order valence-electron chi connectivity index (χ2n) is 3.96. The molecule has 2 rings (SSSR count). The van der Waals surface area contributed by atoms with Crippen LogP contribution in [0, 0.1) is 0 Å². The molecule has 0 amide bonds. The molecule has 0 bridgehead atoms. The summed E-state index contributed by atoms with van der Waals surface area (Å²) >= 11 is 0. The predicted molar refractivity (Wildman–Crippen MR) is 73.6 cm³/mol. The fourth-order valence-corrected chi connectivity index (χ4v) is 2.92. The number of anilines is 1. The monoisotopic (exact) mass is 262 g/mol. The van der Waals surface area contributed by atoms with Crippen LogP contribution in [-0.4, -0.2) is 4.89 Å². The van der Waals surface area contributed by atoms with Gasteiger partial charge in [-0.05, 0) is 17.7 Å². The summed E-state index contributed by atoms with van der Waals surface area (Å²) in [4.78, 5) is 9.99. The zero-order valence-corrected chi connectivity index (χ0v) is 10.7. The summed E-state index contributed by atoms with van der Waals surface area (Å²) in [6.45, 7) is 0.322. The Bertz CT molecular complexity index is 572. The molecule has 4 nitrogen and oxygen atoms in total. The van der Waals surface area contributed by atoms with Gasteiger partial charge < -0.3 is 10.6 Å². The van der Waals surface area contributed by atoms with Crippen LogP contribution in [0.25, 0.3) is 0 Å². The van der Waals surface area contributed by atoms with Gasteiger partial charge in [0.2, 0.25) is 0 Å². The first-order chi connectivity index (χ1) is 8.59. The Morgan fingerprint density at radius 2 is 1.67 bits per heavy atom. The first-order valence-electron chi connectivity index (χ1n) is 5.56. The number of rotatable bonds is 4. The van der Waals surface area contributed by atoms with Crippen LogP contribution in [0.15, 0.2) is 54.6 Å². The van der Waals surface area contributed by atoms with Gasteiger partial charge in [-0.15, -0.1) is 0 Å². The average Bonchev–Trinajstić information content (AvgIpc) is 2.38. The molecule has 0 saturated heterocycles. The molecule has 1 unspecified atom stereocenters. The number of hydrogen-bond donors (Lipinski definition) is 3. The highest BCUT2D eigenvalue weighted by molar-refractivity contribution is 7.64. The van der Waals surface area contributed by atoms with Crippen molar-refractivity contribution >= 4 is 18.5 Å². The van der Waals surface area contributed by atoms with Crippen molar-refractivity contribution in [1.29, 1.82) is 0 Å². The van der Waals surface area contributed by atoms with Gasteiger partial charge in [0.1, 0.15) is 0 Å². The van der Waals surface area contributed by atoms with Gasteiger partial charge in [-0.25, -0.2) is 5.09 Å². The van der Waals surface area contributed by atoms with Gasteiger partial charge in [0.15, 0.2) is 0 Å². The second kappa shape index (κ2) is 5.36. The lowest BCUT2D eigenvalue weighted by atomic mass is 10.2. The maximum absolute atomic E-state index is 12.2. The Kier molecular flexibility index (Phi) is 3.82. The smallest absolute Gasteiger partial charge is 0.299 e. The van der Waals surface area contributed by atoms with Crippen molar-refractivity contribution in [3.63, 3.8) is 0 Å². The van der Waals surface area contributed by atoms with Crippen molar-refractivity contribution in [3.05, 3.63) is 60.2 Å². The Balaban J connectivity index is 2.13. The lowest BCUT2D eigenvalue weighted by molar-refractivity contribution is 0.475. The minimum Gasteiger partial charge on any atom is -0.398 e. The summed E-state index contributed by atoms with van der Waals surface area (Å²) in [7, 11) is -3.62. The molecule has 0 aromatic heterocycles. The summed E-state index contributed by atoms with van der Waals surface area (Å²) in [5.41, 5.74) is 6.97. The molecule has 0 fully saturated rings. The number of benzene rings is 2. The first kappa shape index (κ1) is 12.8. The standard InChI is InChI=1S/C13H15N2O2P/c14-12-8-4-5-9-13(12)18(16,17)15-10-11-6-2-1-3-7-11/h1-9H,10,14H2,(H2,15,16,17). The topological polar surface area (TPSA) is 75.4 Å². The van der Waals surface area contributed by atoms with Gasteiger partial charge in [-0.2, -0.15) is 0 Å². The van der Waals surface area contributed by atoms with Crippen molar-refractivity contribution in [2.24, 2.45) is 0 Å². The van der Waals surface area contributed by atoms with E-state index in [1.807, 2.05) is 30.3 Å². The number of hydrogen-bond acceptors (Lipinski definition) is 2. The van der Waals surface area contributed by atoms with E-state index in [1.54, 1.807) is 24.3 Å². The summed E-state index contributed by atoms with van der Waals surface area (Å²) in [6, 6.07) is 16.1. The van der Waals surface area contributed by atoms with E-state index in [-0.39, 0.29) is 5.30 Å². The van der Waals surface area contributed by atoms with E-state index >= 15 is 0 Å². The van der Waals surface area contributed by atoms with E-state index in [9.17, 15) is 9.46 Å². The lowest BCUT2D eigenvalue weighted by Gasteiger charge is -2.15. The Morgan fingerprint density at radius 1 is 1.06 bits per heavy atom. The zero-order valence-electron chi connectivity index (χ0n) is 9.78. The van der Waals surface area contributed by atoms with Gasteiger partial charge in [0.25, 0.3) is 7.52 Å². The maximum atomic E-state index is 12.2. The highest BCUT2D eigenvalue weighted by Crippen LogP contribution is 2.36. The van der Waals surface area contributed by atoms with Crippen LogP contribution in [0.4, 0.5) is 5.69 Å². The molecule has 0 aliphatic heterocycles. The maximum Gasteiger partial charge on any atom is 0.299 e. The largest absolute Gasteiger partial charge is 0.398 e. The summed E-state index contributed by atoms with van der Waals surface area (Å²) in [5, 5.41) is 2.91. The molecule has 1 atom stereocenters. The van der Waals surface area contributed by atoms with Gasteiger partial charge in [0.05, 0.1) is 5.30 Å². The SMILES string of the molecule is Nc1ccccc1P(=O)(O)NCc1ccccc1. The molecule has 0 heterocycles. The summed E-state index contributed by atoms with van der Waals surface area (Å²) < 4.78 is 12.2. The molecule has 2 aromatic rings. The van der Waals surface area contributed by atoms with Crippen LogP contribution >= 0.6 is 7.52 Å². The molecule has 0 radical (unpaired) electrons. The van der Waals surface area contributed by atoms with Crippen LogP contribution in [0.1, 0.15) is 5.56 Å². The fraction of sp³-hybridized carbons (Fsp3) is 0.0769. The van der Waals surface area contributed by atoms with Gasteiger partial charge in [-0.1, -0.05) is 42.5 Å². The van der Waals surface area contributed by atoms with Gasteiger partial charge in [-0.3, -0.25) is 4.57 Å². The second-order valence-corrected chi connectivity index (χ2v) is 5.91. The van der Waals surface area contributed by atoms with Crippen LogP contribution < -0.4 is 16.1 Å². The quantitative estimate of drug-likeness (QED) is 0.581. The predicted octanol–water partition coefficient (Wildman–Crippen LogP) is 1.87. The van der Waals surface area contributed by atoms with E-state index in [4.69, 9.17) is 5.73 Å². The molecule has 0 spiro atoms.